The number of carboxylic acids is 1. The molecule has 0 bridgehead atoms. The van der Waals surface area contributed by atoms with Gasteiger partial charge >= 0.3 is 5.97 Å². The van der Waals surface area contributed by atoms with Crippen molar-refractivity contribution in [1.29, 1.82) is 0 Å². The molecule has 0 spiro atoms. The molecule has 0 amide bonds. The van der Waals surface area contributed by atoms with Crippen molar-refractivity contribution in [3.05, 3.63) is 0 Å². The minimum Gasteiger partial charge on any atom is -0.481 e. The van der Waals surface area contributed by atoms with Gasteiger partial charge in [0.05, 0.1) is 12.2 Å². The summed E-state index contributed by atoms with van der Waals surface area (Å²) in [5, 5.41) is 8.92. The average molecular weight is 341 g/mol. The van der Waals surface area contributed by atoms with Crippen LogP contribution in [0.15, 0.2) is 0 Å². The number of nitrogens with zero attached hydrogens (tertiary/aromatic N) is 3. The maximum atomic E-state index is 12.4. The first-order valence-corrected chi connectivity index (χ1v) is 9.80. The Kier molecular flexibility index (Phi) is 4.59. The molecule has 2 fully saturated rings. The molecule has 9 nitrogen and oxygen atoms in total. The van der Waals surface area contributed by atoms with Crippen LogP contribution in [0.2, 0.25) is 0 Å². The summed E-state index contributed by atoms with van der Waals surface area (Å²) in [6.45, 7) is 0.575. The molecule has 0 aliphatic carbocycles. The monoisotopic (exact) mass is 341 g/mol. The smallest absolute Gasteiger partial charge is 0.307 e. The third kappa shape index (κ3) is 3.54. The maximum Gasteiger partial charge on any atom is 0.307 e. The van der Waals surface area contributed by atoms with Crippen molar-refractivity contribution in [1.82, 2.24) is 12.9 Å². The first-order chi connectivity index (χ1) is 9.62. The summed E-state index contributed by atoms with van der Waals surface area (Å²) in [5.41, 5.74) is 0. The van der Waals surface area contributed by atoms with Crippen molar-refractivity contribution in [2.45, 2.75) is 6.42 Å². The fourth-order valence-corrected chi connectivity index (χ4v) is 5.02. The Morgan fingerprint density at radius 2 is 1.48 bits per heavy atom. The Balaban J connectivity index is 2.01. The lowest BCUT2D eigenvalue weighted by molar-refractivity contribution is -0.141. The Morgan fingerprint density at radius 1 is 0.952 bits per heavy atom. The van der Waals surface area contributed by atoms with Gasteiger partial charge in [0.15, 0.2) is 0 Å². The van der Waals surface area contributed by atoms with E-state index in [4.69, 9.17) is 5.11 Å². The molecule has 0 radical (unpaired) electrons. The highest BCUT2D eigenvalue weighted by Crippen LogP contribution is 2.22. The number of hydrogen-bond acceptors (Lipinski definition) is 5. The van der Waals surface area contributed by atoms with Crippen molar-refractivity contribution in [2.24, 2.45) is 5.92 Å². The van der Waals surface area contributed by atoms with E-state index >= 15 is 0 Å². The number of rotatable bonds is 4. The normalized spacial score (nSPS) is 27.0. The van der Waals surface area contributed by atoms with Crippen molar-refractivity contribution in [3.8, 4) is 0 Å². The van der Waals surface area contributed by atoms with Gasteiger partial charge in [0.2, 0.25) is 10.0 Å². The molecule has 1 atom stereocenters. The van der Waals surface area contributed by atoms with E-state index in [1.54, 1.807) is 0 Å². The van der Waals surface area contributed by atoms with E-state index < -0.39 is 32.1 Å². The molecule has 2 saturated heterocycles. The lowest BCUT2D eigenvalue weighted by Gasteiger charge is -2.34. The molecule has 2 aliphatic heterocycles. The largest absolute Gasteiger partial charge is 0.481 e. The fraction of sp³-hybridized carbons (Fsp3) is 0.900. The van der Waals surface area contributed by atoms with E-state index in [1.807, 2.05) is 0 Å². The highest BCUT2D eigenvalue weighted by Gasteiger charge is 2.39. The third-order valence-corrected chi connectivity index (χ3v) is 7.12. The Bertz CT molecular complexity index is 609. The minimum absolute atomic E-state index is 0.0239. The molecular weight excluding hydrogens is 322 g/mol. The Hall–Kier alpha value is -0.750. The van der Waals surface area contributed by atoms with Crippen LogP contribution >= 0.6 is 0 Å². The van der Waals surface area contributed by atoms with E-state index in [-0.39, 0.29) is 39.3 Å². The zero-order valence-corrected chi connectivity index (χ0v) is 13.3. The molecule has 0 aromatic carbocycles. The van der Waals surface area contributed by atoms with E-state index in [9.17, 15) is 21.6 Å². The summed E-state index contributed by atoms with van der Waals surface area (Å²) in [5.74, 6) is -1.66. The van der Waals surface area contributed by atoms with Crippen LogP contribution in [-0.2, 0) is 25.0 Å². The second-order valence-electron chi connectivity index (χ2n) is 5.25. The first-order valence-electron chi connectivity index (χ1n) is 6.55. The number of piperazine rings is 1. The molecule has 1 unspecified atom stereocenters. The van der Waals surface area contributed by atoms with Gasteiger partial charge in [0, 0.05) is 39.3 Å². The van der Waals surface area contributed by atoms with Crippen LogP contribution in [0.1, 0.15) is 6.42 Å². The number of sulfonamides is 1. The zero-order chi connectivity index (χ0) is 15.8. The summed E-state index contributed by atoms with van der Waals surface area (Å²) in [6, 6.07) is 0. The summed E-state index contributed by atoms with van der Waals surface area (Å²) in [6.07, 6.45) is 1.40. The van der Waals surface area contributed by atoms with Crippen molar-refractivity contribution in [3.63, 3.8) is 0 Å². The van der Waals surface area contributed by atoms with Crippen molar-refractivity contribution in [2.75, 3.05) is 45.5 Å². The Morgan fingerprint density at radius 3 is 1.90 bits per heavy atom. The van der Waals surface area contributed by atoms with Crippen LogP contribution < -0.4 is 0 Å². The molecule has 0 aromatic heterocycles. The predicted molar refractivity (Wildman–Crippen MR) is 74.2 cm³/mol. The zero-order valence-electron chi connectivity index (χ0n) is 11.7. The number of hydrogen-bond donors (Lipinski definition) is 1. The highest BCUT2D eigenvalue weighted by atomic mass is 32.2. The van der Waals surface area contributed by atoms with E-state index in [0.717, 1.165) is 6.26 Å². The fourth-order valence-electron chi connectivity index (χ4n) is 2.53. The van der Waals surface area contributed by atoms with Gasteiger partial charge < -0.3 is 5.11 Å². The molecule has 1 N–H and O–H groups in total. The van der Waals surface area contributed by atoms with Gasteiger partial charge in [0.1, 0.15) is 0 Å². The summed E-state index contributed by atoms with van der Waals surface area (Å²) in [7, 11) is -7.03. The van der Waals surface area contributed by atoms with Gasteiger partial charge in [0.25, 0.3) is 10.2 Å². The summed E-state index contributed by atoms with van der Waals surface area (Å²) < 4.78 is 51.2. The SMILES string of the molecule is CS(=O)(=O)N1CCN(S(=O)(=O)N2CCC(C(=O)O)C2)CC1. The molecule has 2 rings (SSSR count). The Labute approximate surface area is 124 Å². The van der Waals surface area contributed by atoms with Crippen LogP contribution in [-0.4, -0.2) is 86.4 Å². The van der Waals surface area contributed by atoms with Crippen LogP contribution in [0.4, 0.5) is 0 Å². The topological polar surface area (TPSA) is 115 Å². The molecule has 2 heterocycles. The molecular formula is C10H19N3O6S2. The predicted octanol–water partition coefficient (Wildman–Crippen LogP) is -1.79. The van der Waals surface area contributed by atoms with Gasteiger partial charge in [-0.15, -0.1) is 0 Å². The van der Waals surface area contributed by atoms with Crippen LogP contribution in [0, 0.1) is 5.92 Å². The maximum absolute atomic E-state index is 12.4. The van der Waals surface area contributed by atoms with E-state index in [2.05, 4.69) is 0 Å². The lowest BCUT2D eigenvalue weighted by atomic mass is 10.1. The van der Waals surface area contributed by atoms with Crippen LogP contribution in [0.25, 0.3) is 0 Å². The second kappa shape index (κ2) is 5.80. The lowest BCUT2D eigenvalue weighted by Crippen LogP contribution is -2.53. The summed E-state index contributed by atoms with van der Waals surface area (Å²) >= 11 is 0. The quantitative estimate of drug-likeness (QED) is 0.646. The standard InChI is InChI=1S/C10H19N3O6S2/c1-20(16,17)11-4-6-12(7-5-11)21(18,19)13-3-2-9(8-13)10(14)15/h9H,2-8H2,1H3,(H,14,15). The van der Waals surface area contributed by atoms with Gasteiger partial charge in [-0.1, -0.05) is 0 Å². The molecule has 2 aliphatic rings. The van der Waals surface area contributed by atoms with Gasteiger partial charge in [-0.3, -0.25) is 4.79 Å². The van der Waals surface area contributed by atoms with E-state index in [0.29, 0.717) is 6.42 Å². The highest BCUT2D eigenvalue weighted by molar-refractivity contribution is 7.88. The average Bonchev–Trinajstić information content (AvgIpc) is 2.88. The molecule has 0 saturated carbocycles. The molecule has 122 valence electrons. The second-order valence-corrected chi connectivity index (χ2v) is 9.16. The number of carbonyl (C=O) groups is 1. The van der Waals surface area contributed by atoms with Gasteiger partial charge in [-0.2, -0.15) is 21.3 Å². The van der Waals surface area contributed by atoms with Crippen molar-refractivity contribution >= 4 is 26.2 Å². The van der Waals surface area contributed by atoms with Crippen LogP contribution in [0.5, 0.6) is 0 Å². The number of carboxylic acid groups (broad SMARTS) is 1. The molecule has 0 aromatic rings. The minimum atomic E-state index is -3.72. The van der Waals surface area contributed by atoms with Gasteiger partial charge in [-0.05, 0) is 6.42 Å². The number of aliphatic carboxylic acids is 1. The van der Waals surface area contributed by atoms with Crippen LogP contribution in [0.3, 0.4) is 0 Å². The van der Waals surface area contributed by atoms with Crippen molar-refractivity contribution < 1.29 is 26.7 Å². The van der Waals surface area contributed by atoms with E-state index in [1.165, 1.54) is 12.9 Å². The van der Waals surface area contributed by atoms with Gasteiger partial charge in [-0.25, -0.2) is 8.42 Å². The summed E-state index contributed by atoms with van der Waals surface area (Å²) in [4.78, 5) is 10.9. The molecule has 11 heteroatoms. The molecule has 21 heavy (non-hydrogen) atoms. The first kappa shape index (κ1) is 16.6. The third-order valence-electron chi connectivity index (χ3n) is 3.82.